The highest BCUT2D eigenvalue weighted by molar-refractivity contribution is 4.94. The van der Waals surface area contributed by atoms with Crippen LogP contribution in [0.15, 0.2) is 0 Å². The van der Waals surface area contributed by atoms with Crippen LogP contribution in [0.5, 0.6) is 0 Å². The second kappa shape index (κ2) is 3.27. The molecule has 1 N–H and O–H groups in total. The lowest BCUT2D eigenvalue weighted by Crippen LogP contribution is -2.42. The molecule has 76 valence electrons. The average Bonchev–Trinajstić information content (AvgIpc) is 2.08. The van der Waals surface area contributed by atoms with Gasteiger partial charge >= 0.3 is 0 Å². The van der Waals surface area contributed by atoms with Crippen LogP contribution in [-0.4, -0.2) is 11.2 Å². The third-order valence-electron chi connectivity index (χ3n) is 4.56. The Labute approximate surface area is 81.5 Å². The van der Waals surface area contributed by atoms with Gasteiger partial charge in [0.1, 0.15) is 0 Å². The standard InChI is InChI=1S/C12H22O/c1-9-4-3-6-12(2)7-5-10(13)8-11(9)12/h9-11,13H,3-8H2,1-2H3/t9?,10-,11+,12-/m0/s1. The third kappa shape index (κ3) is 1.63. The van der Waals surface area contributed by atoms with Crippen LogP contribution < -0.4 is 0 Å². The number of aliphatic hydroxyl groups excluding tert-OH is 1. The highest BCUT2D eigenvalue weighted by atomic mass is 16.3. The van der Waals surface area contributed by atoms with Gasteiger partial charge in [-0.2, -0.15) is 0 Å². The molecule has 1 heteroatoms. The van der Waals surface area contributed by atoms with E-state index in [1.54, 1.807) is 0 Å². The van der Waals surface area contributed by atoms with E-state index in [0.29, 0.717) is 5.41 Å². The molecule has 0 amide bonds. The molecule has 2 aliphatic carbocycles. The molecular formula is C12H22O. The molecule has 1 nitrogen and oxygen atoms in total. The van der Waals surface area contributed by atoms with Crippen LogP contribution in [0.25, 0.3) is 0 Å². The predicted octanol–water partition coefficient (Wildman–Crippen LogP) is 2.97. The largest absolute Gasteiger partial charge is 0.393 e. The summed E-state index contributed by atoms with van der Waals surface area (Å²) in [4.78, 5) is 0. The minimum Gasteiger partial charge on any atom is -0.393 e. The van der Waals surface area contributed by atoms with Gasteiger partial charge in [0.2, 0.25) is 0 Å². The summed E-state index contributed by atoms with van der Waals surface area (Å²) in [7, 11) is 0. The first-order chi connectivity index (χ1) is 6.12. The molecule has 2 rings (SSSR count). The van der Waals surface area contributed by atoms with Crippen LogP contribution in [0.3, 0.4) is 0 Å². The minimum atomic E-state index is -0.00127. The molecule has 0 aliphatic heterocycles. The van der Waals surface area contributed by atoms with Crippen LogP contribution in [-0.2, 0) is 0 Å². The molecule has 0 spiro atoms. The summed E-state index contributed by atoms with van der Waals surface area (Å²) in [6.45, 7) is 4.82. The zero-order valence-electron chi connectivity index (χ0n) is 8.92. The number of aliphatic hydroxyl groups is 1. The molecule has 0 radical (unpaired) electrons. The van der Waals surface area contributed by atoms with Crippen molar-refractivity contribution in [3.8, 4) is 0 Å². The van der Waals surface area contributed by atoms with Gasteiger partial charge < -0.3 is 5.11 Å². The highest BCUT2D eigenvalue weighted by Crippen LogP contribution is 2.52. The Hall–Kier alpha value is -0.0400. The molecule has 0 aromatic carbocycles. The summed E-state index contributed by atoms with van der Waals surface area (Å²) < 4.78 is 0. The van der Waals surface area contributed by atoms with E-state index < -0.39 is 0 Å². The first-order valence-electron chi connectivity index (χ1n) is 5.80. The van der Waals surface area contributed by atoms with Gasteiger partial charge in [0.25, 0.3) is 0 Å². The summed E-state index contributed by atoms with van der Waals surface area (Å²) in [5, 5.41) is 9.68. The second-order valence-electron chi connectivity index (χ2n) is 5.56. The van der Waals surface area contributed by atoms with E-state index in [4.69, 9.17) is 0 Å². The maximum absolute atomic E-state index is 9.68. The second-order valence-corrected chi connectivity index (χ2v) is 5.56. The van der Waals surface area contributed by atoms with Crippen molar-refractivity contribution in [2.24, 2.45) is 17.3 Å². The lowest BCUT2D eigenvalue weighted by molar-refractivity contribution is -0.0341. The van der Waals surface area contributed by atoms with Crippen LogP contribution in [0.2, 0.25) is 0 Å². The van der Waals surface area contributed by atoms with Crippen LogP contribution >= 0.6 is 0 Å². The van der Waals surface area contributed by atoms with E-state index in [9.17, 15) is 5.11 Å². The van der Waals surface area contributed by atoms with Crippen molar-refractivity contribution < 1.29 is 5.11 Å². The monoisotopic (exact) mass is 182 g/mol. The Morgan fingerprint density at radius 1 is 1.23 bits per heavy atom. The van der Waals surface area contributed by atoms with Crippen molar-refractivity contribution in [2.75, 3.05) is 0 Å². The maximum atomic E-state index is 9.68. The summed E-state index contributed by atoms with van der Waals surface area (Å²) in [5.74, 6) is 1.64. The maximum Gasteiger partial charge on any atom is 0.0543 e. The molecule has 1 unspecified atom stereocenters. The third-order valence-corrected chi connectivity index (χ3v) is 4.56. The molecule has 0 aromatic heterocycles. The first kappa shape index (κ1) is 9.51. The van der Waals surface area contributed by atoms with Crippen molar-refractivity contribution >= 4 is 0 Å². The molecule has 2 fully saturated rings. The van der Waals surface area contributed by atoms with Crippen LogP contribution in [0.4, 0.5) is 0 Å². The first-order valence-corrected chi connectivity index (χ1v) is 5.80. The summed E-state index contributed by atoms with van der Waals surface area (Å²) in [5.41, 5.74) is 0.566. The number of hydrogen-bond donors (Lipinski definition) is 1. The van der Waals surface area contributed by atoms with Crippen LogP contribution in [0.1, 0.15) is 52.4 Å². The van der Waals surface area contributed by atoms with E-state index in [0.717, 1.165) is 24.7 Å². The van der Waals surface area contributed by atoms with Gasteiger partial charge in [-0.25, -0.2) is 0 Å². The van der Waals surface area contributed by atoms with Gasteiger partial charge in [0.15, 0.2) is 0 Å². The average molecular weight is 182 g/mol. The zero-order chi connectivity index (χ0) is 9.47. The summed E-state index contributed by atoms with van der Waals surface area (Å²) in [6, 6.07) is 0. The molecule has 13 heavy (non-hydrogen) atoms. The van der Waals surface area contributed by atoms with Gasteiger partial charge in [-0.1, -0.05) is 26.7 Å². The molecule has 4 atom stereocenters. The van der Waals surface area contributed by atoms with E-state index >= 15 is 0 Å². The molecular weight excluding hydrogens is 160 g/mol. The fraction of sp³-hybridized carbons (Fsp3) is 1.00. The normalized spacial score (nSPS) is 51.5. The Balaban J connectivity index is 2.13. The van der Waals surface area contributed by atoms with Crippen molar-refractivity contribution in [2.45, 2.75) is 58.5 Å². The van der Waals surface area contributed by atoms with Gasteiger partial charge in [0, 0.05) is 0 Å². The molecule has 2 aliphatic rings. The van der Waals surface area contributed by atoms with Crippen molar-refractivity contribution in [1.29, 1.82) is 0 Å². The molecule has 0 saturated heterocycles. The fourth-order valence-electron chi connectivity index (χ4n) is 3.64. The highest BCUT2D eigenvalue weighted by Gasteiger charge is 2.43. The topological polar surface area (TPSA) is 20.2 Å². The van der Waals surface area contributed by atoms with E-state index in [1.807, 2.05) is 0 Å². The Morgan fingerprint density at radius 2 is 2.00 bits per heavy atom. The fourth-order valence-corrected chi connectivity index (χ4v) is 3.64. The zero-order valence-corrected chi connectivity index (χ0v) is 8.92. The van der Waals surface area contributed by atoms with Crippen molar-refractivity contribution in [3.05, 3.63) is 0 Å². The van der Waals surface area contributed by atoms with Crippen LogP contribution in [0, 0.1) is 17.3 Å². The van der Waals surface area contributed by atoms with Gasteiger partial charge in [-0.3, -0.25) is 0 Å². The van der Waals surface area contributed by atoms with Crippen molar-refractivity contribution in [1.82, 2.24) is 0 Å². The van der Waals surface area contributed by atoms with E-state index in [2.05, 4.69) is 13.8 Å². The number of rotatable bonds is 0. The number of hydrogen-bond acceptors (Lipinski definition) is 1. The quantitative estimate of drug-likeness (QED) is 0.610. The number of fused-ring (bicyclic) bond motifs is 1. The summed E-state index contributed by atoms with van der Waals surface area (Å²) in [6.07, 6.45) is 7.55. The molecule has 2 saturated carbocycles. The Bertz CT molecular complexity index is 190. The van der Waals surface area contributed by atoms with E-state index in [1.165, 1.54) is 25.7 Å². The van der Waals surface area contributed by atoms with Gasteiger partial charge in [-0.05, 0) is 42.9 Å². The molecule has 0 aromatic rings. The van der Waals surface area contributed by atoms with E-state index in [-0.39, 0.29) is 6.10 Å². The molecule has 0 bridgehead atoms. The minimum absolute atomic E-state index is 0.00127. The SMILES string of the molecule is CC1CCC[C@@]2(C)CC[C@H](O)C[C@H]12. The smallest absolute Gasteiger partial charge is 0.0543 e. The Kier molecular flexibility index (Phi) is 2.39. The predicted molar refractivity (Wildman–Crippen MR) is 54.5 cm³/mol. The van der Waals surface area contributed by atoms with Gasteiger partial charge in [0.05, 0.1) is 6.10 Å². The lowest BCUT2D eigenvalue weighted by atomic mass is 9.56. The molecule has 0 heterocycles. The lowest BCUT2D eigenvalue weighted by Gasteiger charge is -2.49. The van der Waals surface area contributed by atoms with Crippen molar-refractivity contribution in [3.63, 3.8) is 0 Å². The summed E-state index contributed by atoms with van der Waals surface area (Å²) >= 11 is 0. The Morgan fingerprint density at radius 3 is 2.77 bits per heavy atom. The van der Waals surface area contributed by atoms with Gasteiger partial charge in [-0.15, -0.1) is 0 Å².